The third kappa shape index (κ3) is 3.59. The van der Waals surface area contributed by atoms with Crippen LogP contribution in [-0.4, -0.2) is 22.7 Å². The molecule has 1 aromatic heterocycles. The maximum Gasteiger partial charge on any atom is 0.416 e. The minimum atomic E-state index is -4.36. The molecule has 6 heteroatoms. The Kier molecular flexibility index (Phi) is 4.29. The molecule has 0 aromatic carbocycles. The van der Waals surface area contributed by atoms with Gasteiger partial charge < -0.3 is 10.4 Å². The number of aliphatic hydroxyl groups is 1. The summed E-state index contributed by atoms with van der Waals surface area (Å²) in [4.78, 5) is 3.92. The minimum Gasteiger partial charge on any atom is -0.396 e. The van der Waals surface area contributed by atoms with Crippen LogP contribution in [0.5, 0.6) is 0 Å². The summed E-state index contributed by atoms with van der Waals surface area (Å²) in [7, 11) is 0. The predicted molar refractivity (Wildman–Crippen MR) is 65.7 cm³/mol. The van der Waals surface area contributed by atoms with E-state index in [0.717, 1.165) is 44.0 Å². The first-order chi connectivity index (χ1) is 9.00. The number of aliphatic hydroxyl groups excluding tert-OH is 1. The van der Waals surface area contributed by atoms with Crippen molar-refractivity contribution in [3.05, 3.63) is 23.9 Å². The zero-order valence-corrected chi connectivity index (χ0v) is 10.5. The third-order valence-electron chi connectivity index (χ3n) is 3.56. The highest BCUT2D eigenvalue weighted by Crippen LogP contribution is 2.31. The van der Waals surface area contributed by atoms with Crippen molar-refractivity contribution in [2.75, 3.05) is 11.9 Å². The van der Waals surface area contributed by atoms with Gasteiger partial charge in [-0.2, -0.15) is 13.2 Å². The first-order valence-electron chi connectivity index (χ1n) is 6.41. The summed E-state index contributed by atoms with van der Waals surface area (Å²) in [6.45, 7) is 0.0522. The van der Waals surface area contributed by atoms with E-state index in [1.807, 2.05) is 0 Å². The number of alkyl halides is 3. The molecule has 1 saturated carbocycles. The van der Waals surface area contributed by atoms with E-state index >= 15 is 0 Å². The molecule has 1 aliphatic carbocycles. The van der Waals surface area contributed by atoms with Crippen molar-refractivity contribution in [1.29, 1.82) is 0 Å². The molecule has 1 fully saturated rings. The van der Waals surface area contributed by atoms with Gasteiger partial charge in [-0.15, -0.1) is 0 Å². The molecule has 2 N–H and O–H groups in total. The van der Waals surface area contributed by atoms with E-state index < -0.39 is 11.7 Å². The van der Waals surface area contributed by atoms with Crippen LogP contribution in [0.1, 0.15) is 31.2 Å². The van der Waals surface area contributed by atoms with E-state index in [0.29, 0.717) is 0 Å². The third-order valence-corrected chi connectivity index (χ3v) is 3.56. The average Bonchev–Trinajstić information content (AvgIpc) is 2.39. The lowest BCUT2D eigenvalue weighted by molar-refractivity contribution is -0.137. The van der Waals surface area contributed by atoms with Crippen LogP contribution in [0.15, 0.2) is 18.3 Å². The van der Waals surface area contributed by atoms with Gasteiger partial charge in [-0.05, 0) is 25.0 Å². The van der Waals surface area contributed by atoms with Gasteiger partial charge in [-0.25, -0.2) is 4.98 Å². The molecule has 0 radical (unpaired) electrons. The van der Waals surface area contributed by atoms with Crippen LogP contribution in [0.4, 0.5) is 19.0 Å². The molecular weight excluding hydrogens is 257 g/mol. The Morgan fingerprint density at radius 1 is 1.32 bits per heavy atom. The van der Waals surface area contributed by atoms with E-state index in [4.69, 9.17) is 0 Å². The zero-order valence-electron chi connectivity index (χ0n) is 10.5. The van der Waals surface area contributed by atoms with E-state index in [9.17, 15) is 18.3 Å². The van der Waals surface area contributed by atoms with Crippen LogP contribution in [0, 0.1) is 5.92 Å². The maximum atomic E-state index is 12.6. The highest BCUT2D eigenvalue weighted by molar-refractivity contribution is 5.39. The van der Waals surface area contributed by atoms with Crippen molar-refractivity contribution in [1.82, 2.24) is 4.98 Å². The molecule has 106 valence electrons. The van der Waals surface area contributed by atoms with Gasteiger partial charge in [-0.1, -0.05) is 12.8 Å². The molecular formula is C13H17F3N2O. The van der Waals surface area contributed by atoms with Gasteiger partial charge in [0.25, 0.3) is 0 Å². The van der Waals surface area contributed by atoms with Crippen LogP contribution in [0.25, 0.3) is 0 Å². The molecule has 0 bridgehead atoms. The molecule has 1 aliphatic rings. The Balaban J connectivity index is 2.10. The Morgan fingerprint density at radius 2 is 2.05 bits per heavy atom. The lowest BCUT2D eigenvalue weighted by Gasteiger charge is -2.31. The maximum absolute atomic E-state index is 12.6. The molecule has 0 spiro atoms. The van der Waals surface area contributed by atoms with Gasteiger partial charge in [0.15, 0.2) is 0 Å². The van der Waals surface area contributed by atoms with Crippen LogP contribution >= 0.6 is 0 Å². The number of nitrogens with zero attached hydrogens (tertiary/aromatic N) is 1. The van der Waals surface area contributed by atoms with Crippen molar-refractivity contribution >= 4 is 5.82 Å². The molecule has 1 aromatic rings. The monoisotopic (exact) mass is 274 g/mol. The van der Waals surface area contributed by atoms with Gasteiger partial charge in [0.05, 0.1) is 5.56 Å². The topological polar surface area (TPSA) is 45.1 Å². The molecule has 1 heterocycles. The van der Waals surface area contributed by atoms with Gasteiger partial charge in [-0.3, -0.25) is 0 Å². The van der Waals surface area contributed by atoms with Crippen LogP contribution in [0.3, 0.4) is 0 Å². The second-order valence-electron chi connectivity index (χ2n) is 4.91. The summed E-state index contributed by atoms with van der Waals surface area (Å²) in [5.41, 5.74) is -0.707. The van der Waals surface area contributed by atoms with Gasteiger partial charge in [0.1, 0.15) is 5.82 Å². The Bertz CT molecular complexity index is 423. The van der Waals surface area contributed by atoms with Gasteiger partial charge in [0.2, 0.25) is 0 Å². The highest BCUT2D eigenvalue weighted by atomic mass is 19.4. The standard InChI is InChI=1S/C13H17F3N2O/c14-13(15,16)10-5-6-17-12(7-10)18-11-4-2-1-3-9(11)8-19/h5-7,9,11,19H,1-4,8H2,(H,17,18). The summed E-state index contributed by atoms with van der Waals surface area (Å²) in [6, 6.07) is 1.97. The van der Waals surface area contributed by atoms with Crippen LogP contribution < -0.4 is 5.32 Å². The fourth-order valence-corrected chi connectivity index (χ4v) is 2.49. The van der Waals surface area contributed by atoms with Crippen molar-refractivity contribution in [3.63, 3.8) is 0 Å². The highest BCUT2D eigenvalue weighted by Gasteiger charge is 2.31. The second-order valence-corrected chi connectivity index (χ2v) is 4.91. The molecule has 0 amide bonds. The molecule has 3 nitrogen and oxygen atoms in total. The number of hydrogen-bond donors (Lipinski definition) is 2. The normalized spacial score (nSPS) is 24.2. The molecule has 0 saturated heterocycles. The van der Waals surface area contributed by atoms with Crippen molar-refractivity contribution in [3.8, 4) is 0 Å². The fraction of sp³-hybridized carbons (Fsp3) is 0.615. The number of rotatable bonds is 3. The Labute approximate surface area is 109 Å². The first-order valence-corrected chi connectivity index (χ1v) is 6.41. The quantitative estimate of drug-likeness (QED) is 0.890. The van der Waals surface area contributed by atoms with Gasteiger partial charge in [0, 0.05) is 24.8 Å². The number of nitrogens with one attached hydrogen (secondary N) is 1. The molecule has 2 atom stereocenters. The average molecular weight is 274 g/mol. The van der Waals surface area contributed by atoms with Crippen molar-refractivity contribution in [2.45, 2.75) is 37.9 Å². The number of anilines is 1. The minimum absolute atomic E-state index is 0.00488. The van der Waals surface area contributed by atoms with Crippen LogP contribution in [-0.2, 0) is 6.18 Å². The van der Waals surface area contributed by atoms with Gasteiger partial charge >= 0.3 is 6.18 Å². The summed E-state index contributed by atoms with van der Waals surface area (Å²) in [5, 5.41) is 12.3. The fourth-order valence-electron chi connectivity index (χ4n) is 2.49. The first kappa shape index (κ1) is 14.1. The summed E-state index contributed by atoms with van der Waals surface area (Å²) >= 11 is 0. The molecule has 19 heavy (non-hydrogen) atoms. The SMILES string of the molecule is OCC1CCCCC1Nc1cc(C(F)(F)F)ccn1. The molecule has 2 rings (SSSR count). The number of hydrogen-bond acceptors (Lipinski definition) is 3. The summed E-state index contributed by atoms with van der Waals surface area (Å²) in [6.07, 6.45) is 0.618. The Hall–Kier alpha value is -1.30. The van der Waals surface area contributed by atoms with Crippen LogP contribution in [0.2, 0.25) is 0 Å². The summed E-state index contributed by atoms with van der Waals surface area (Å²) in [5.74, 6) is 0.310. The molecule has 2 unspecified atom stereocenters. The molecule has 0 aliphatic heterocycles. The van der Waals surface area contributed by atoms with E-state index in [-0.39, 0.29) is 24.4 Å². The smallest absolute Gasteiger partial charge is 0.396 e. The van der Waals surface area contributed by atoms with E-state index in [1.54, 1.807) is 0 Å². The number of pyridine rings is 1. The second kappa shape index (κ2) is 5.77. The largest absolute Gasteiger partial charge is 0.416 e. The van der Waals surface area contributed by atoms with E-state index in [1.165, 1.54) is 0 Å². The lowest BCUT2D eigenvalue weighted by atomic mass is 9.85. The Morgan fingerprint density at radius 3 is 2.74 bits per heavy atom. The van der Waals surface area contributed by atoms with E-state index in [2.05, 4.69) is 10.3 Å². The number of halogens is 3. The lowest BCUT2D eigenvalue weighted by Crippen LogP contribution is -2.34. The predicted octanol–water partition coefficient (Wildman–Crippen LogP) is 3.06. The summed E-state index contributed by atoms with van der Waals surface area (Å²) < 4.78 is 37.8. The van der Waals surface area contributed by atoms with Crippen molar-refractivity contribution in [2.24, 2.45) is 5.92 Å². The number of aromatic nitrogens is 1. The zero-order chi connectivity index (χ0) is 13.9. The van der Waals surface area contributed by atoms with Crippen molar-refractivity contribution < 1.29 is 18.3 Å².